The van der Waals surface area contributed by atoms with Gasteiger partial charge in [-0.1, -0.05) is 24.3 Å². The summed E-state index contributed by atoms with van der Waals surface area (Å²) in [6.45, 7) is 0.506. The van der Waals surface area contributed by atoms with Crippen LogP contribution in [0.15, 0.2) is 60.1 Å². The minimum atomic E-state index is -0.305. The summed E-state index contributed by atoms with van der Waals surface area (Å²) in [5, 5.41) is 4.86. The Bertz CT molecular complexity index is 1130. The van der Waals surface area contributed by atoms with Gasteiger partial charge in [-0.3, -0.25) is 9.20 Å². The van der Waals surface area contributed by atoms with E-state index in [1.54, 1.807) is 30.3 Å². The Balaban J connectivity index is 1.34. The molecule has 0 radical (unpaired) electrons. The van der Waals surface area contributed by atoms with Gasteiger partial charge in [0.15, 0.2) is 4.96 Å². The maximum absolute atomic E-state index is 14.0. The lowest BCUT2D eigenvalue weighted by Crippen LogP contribution is -2.26. The van der Waals surface area contributed by atoms with E-state index in [0.29, 0.717) is 37.1 Å². The van der Waals surface area contributed by atoms with Gasteiger partial charge >= 0.3 is 0 Å². The summed E-state index contributed by atoms with van der Waals surface area (Å²) < 4.78 is 28.8. The number of imidazole rings is 1. The van der Waals surface area contributed by atoms with Crippen molar-refractivity contribution < 1.29 is 13.6 Å². The molecule has 0 saturated carbocycles. The van der Waals surface area contributed by atoms with Gasteiger partial charge < -0.3 is 5.32 Å². The standard InChI is InChI=1S/C22H19F2N3OS/c23-16-7-5-15(6-8-16)11-12-25-21(28)10-9-17-14-29-22-26-20(13-27(17)22)18-3-1-2-4-19(18)24/h1-8,13-14H,9-12H2,(H,25,28). The number of halogens is 2. The lowest BCUT2D eigenvalue weighted by atomic mass is 10.1. The number of nitrogens with one attached hydrogen (secondary N) is 1. The molecule has 4 rings (SSSR count). The highest BCUT2D eigenvalue weighted by atomic mass is 32.1. The van der Waals surface area contributed by atoms with E-state index in [9.17, 15) is 13.6 Å². The summed E-state index contributed by atoms with van der Waals surface area (Å²) in [6.07, 6.45) is 3.38. The Morgan fingerprint density at radius 2 is 1.86 bits per heavy atom. The molecule has 2 aromatic heterocycles. The quantitative estimate of drug-likeness (QED) is 0.482. The van der Waals surface area contributed by atoms with Crippen LogP contribution in [0.5, 0.6) is 0 Å². The fourth-order valence-electron chi connectivity index (χ4n) is 3.14. The van der Waals surface area contributed by atoms with Crippen molar-refractivity contribution in [3.05, 3.63) is 83.0 Å². The summed E-state index contributed by atoms with van der Waals surface area (Å²) in [7, 11) is 0. The molecule has 0 aliphatic heterocycles. The first-order valence-corrected chi connectivity index (χ1v) is 10.2. The number of nitrogens with zero attached hydrogens (tertiary/aromatic N) is 2. The van der Waals surface area contributed by atoms with Crippen LogP contribution >= 0.6 is 11.3 Å². The zero-order chi connectivity index (χ0) is 20.2. The predicted octanol–water partition coefficient (Wildman–Crippen LogP) is 4.63. The van der Waals surface area contributed by atoms with Gasteiger partial charge in [0, 0.05) is 35.8 Å². The van der Waals surface area contributed by atoms with E-state index >= 15 is 0 Å². The summed E-state index contributed by atoms with van der Waals surface area (Å²) in [5.41, 5.74) is 2.99. The van der Waals surface area contributed by atoms with Crippen molar-refractivity contribution in [1.29, 1.82) is 0 Å². The van der Waals surface area contributed by atoms with Crippen LogP contribution in [0.3, 0.4) is 0 Å². The molecule has 0 atom stereocenters. The highest BCUT2D eigenvalue weighted by Gasteiger charge is 2.13. The van der Waals surface area contributed by atoms with E-state index in [4.69, 9.17) is 0 Å². The number of thiazole rings is 1. The molecule has 0 aliphatic rings. The van der Waals surface area contributed by atoms with Crippen molar-refractivity contribution >= 4 is 22.2 Å². The van der Waals surface area contributed by atoms with Crippen molar-refractivity contribution in [2.24, 2.45) is 0 Å². The molecule has 0 aliphatic carbocycles. The van der Waals surface area contributed by atoms with E-state index < -0.39 is 0 Å². The van der Waals surface area contributed by atoms with Crippen LogP contribution in [0.2, 0.25) is 0 Å². The third-order valence-corrected chi connectivity index (χ3v) is 5.58. The number of hydrogen-bond donors (Lipinski definition) is 1. The minimum absolute atomic E-state index is 0.0408. The van der Waals surface area contributed by atoms with Gasteiger partial charge in [0.05, 0.1) is 5.69 Å². The van der Waals surface area contributed by atoms with Gasteiger partial charge in [-0.05, 0) is 42.7 Å². The number of amides is 1. The van der Waals surface area contributed by atoms with Crippen LogP contribution in [-0.4, -0.2) is 21.8 Å². The second-order valence-corrected chi connectivity index (χ2v) is 7.55. The van der Waals surface area contributed by atoms with Gasteiger partial charge in [-0.2, -0.15) is 0 Å². The fraction of sp³-hybridized carbons (Fsp3) is 0.182. The number of aryl methyl sites for hydroxylation is 1. The second-order valence-electron chi connectivity index (χ2n) is 6.71. The minimum Gasteiger partial charge on any atom is -0.356 e. The van der Waals surface area contributed by atoms with Crippen molar-refractivity contribution in [3.8, 4) is 11.3 Å². The first kappa shape index (κ1) is 19.3. The molecule has 7 heteroatoms. The fourth-order valence-corrected chi connectivity index (χ4v) is 4.04. The smallest absolute Gasteiger partial charge is 0.220 e. The van der Waals surface area contributed by atoms with E-state index in [0.717, 1.165) is 16.2 Å². The highest BCUT2D eigenvalue weighted by Crippen LogP contribution is 2.26. The molecule has 0 bridgehead atoms. The zero-order valence-corrected chi connectivity index (χ0v) is 16.4. The van der Waals surface area contributed by atoms with Crippen LogP contribution in [0, 0.1) is 11.6 Å². The van der Waals surface area contributed by atoms with Crippen LogP contribution in [0.25, 0.3) is 16.2 Å². The first-order valence-electron chi connectivity index (χ1n) is 9.31. The number of aromatic nitrogens is 2. The summed E-state index contributed by atoms with van der Waals surface area (Å²) in [4.78, 5) is 17.4. The van der Waals surface area contributed by atoms with Gasteiger partial charge in [-0.25, -0.2) is 13.8 Å². The monoisotopic (exact) mass is 411 g/mol. The number of rotatable bonds is 7. The molecule has 0 unspecified atom stereocenters. The number of carbonyl (C=O) groups is 1. The maximum atomic E-state index is 14.0. The normalized spacial score (nSPS) is 11.1. The van der Waals surface area contributed by atoms with Crippen LogP contribution in [0.1, 0.15) is 17.7 Å². The van der Waals surface area contributed by atoms with Crippen molar-refractivity contribution in [3.63, 3.8) is 0 Å². The molecule has 0 fully saturated rings. The SMILES string of the molecule is O=C(CCc1csc2nc(-c3ccccc3F)cn12)NCCc1ccc(F)cc1. The number of benzene rings is 2. The van der Waals surface area contributed by atoms with Gasteiger partial charge in [0.2, 0.25) is 5.91 Å². The lowest BCUT2D eigenvalue weighted by molar-refractivity contribution is -0.121. The van der Waals surface area contributed by atoms with Crippen LogP contribution in [0.4, 0.5) is 8.78 Å². The Labute approximate surface area is 170 Å². The predicted molar refractivity (Wildman–Crippen MR) is 110 cm³/mol. The Morgan fingerprint density at radius 1 is 1.07 bits per heavy atom. The van der Waals surface area contributed by atoms with Gasteiger partial charge in [-0.15, -0.1) is 11.3 Å². The first-order chi connectivity index (χ1) is 14.1. The Morgan fingerprint density at radius 3 is 2.66 bits per heavy atom. The molecular weight excluding hydrogens is 392 g/mol. The Hall–Kier alpha value is -3.06. The molecule has 4 aromatic rings. The highest BCUT2D eigenvalue weighted by molar-refractivity contribution is 7.15. The Kier molecular flexibility index (Phi) is 5.67. The molecule has 0 saturated heterocycles. The third kappa shape index (κ3) is 4.51. The van der Waals surface area contributed by atoms with E-state index in [-0.39, 0.29) is 17.5 Å². The third-order valence-electron chi connectivity index (χ3n) is 4.69. The lowest BCUT2D eigenvalue weighted by Gasteiger charge is -2.05. The molecule has 2 aromatic carbocycles. The second kappa shape index (κ2) is 8.53. The van der Waals surface area contributed by atoms with Crippen LogP contribution in [-0.2, 0) is 17.6 Å². The molecule has 148 valence electrons. The molecule has 29 heavy (non-hydrogen) atoms. The van der Waals surface area contributed by atoms with Crippen molar-refractivity contribution in [1.82, 2.24) is 14.7 Å². The van der Waals surface area contributed by atoms with E-state index in [2.05, 4.69) is 10.3 Å². The number of carbonyl (C=O) groups excluding carboxylic acids is 1. The molecule has 0 spiro atoms. The van der Waals surface area contributed by atoms with Crippen molar-refractivity contribution in [2.45, 2.75) is 19.3 Å². The average Bonchev–Trinajstić information content (AvgIpc) is 3.29. The molecular formula is C22H19F2N3OS. The van der Waals surface area contributed by atoms with Gasteiger partial charge in [0.1, 0.15) is 11.6 Å². The maximum Gasteiger partial charge on any atom is 0.220 e. The summed E-state index contributed by atoms with van der Waals surface area (Å²) in [6, 6.07) is 12.8. The summed E-state index contributed by atoms with van der Waals surface area (Å²) in [5.74, 6) is -0.612. The number of fused-ring (bicyclic) bond motifs is 1. The molecule has 1 amide bonds. The van der Waals surface area contributed by atoms with Crippen molar-refractivity contribution in [2.75, 3.05) is 6.54 Å². The molecule has 2 heterocycles. The molecule has 4 nitrogen and oxygen atoms in total. The topological polar surface area (TPSA) is 46.4 Å². The average molecular weight is 411 g/mol. The number of hydrogen-bond acceptors (Lipinski definition) is 3. The van der Waals surface area contributed by atoms with Gasteiger partial charge in [0.25, 0.3) is 0 Å². The molecule has 1 N–H and O–H groups in total. The van der Waals surface area contributed by atoms with E-state index in [1.165, 1.54) is 29.5 Å². The summed E-state index contributed by atoms with van der Waals surface area (Å²) >= 11 is 1.47. The van der Waals surface area contributed by atoms with E-state index in [1.807, 2.05) is 16.0 Å². The van der Waals surface area contributed by atoms with Crippen LogP contribution < -0.4 is 5.32 Å². The largest absolute Gasteiger partial charge is 0.356 e. The zero-order valence-electron chi connectivity index (χ0n) is 15.6.